The Hall–Kier alpha value is -2.29. The first-order valence-corrected chi connectivity index (χ1v) is 10.8. The summed E-state index contributed by atoms with van der Waals surface area (Å²) in [4.78, 5) is 26.8. The summed E-state index contributed by atoms with van der Waals surface area (Å²) in [6, 6.07) is 4.18. The van der Waals surface area contributed by atoms with Gasteiger partial charge in [0.15, 0.2) is 5.69 Å². The lowest BCUT2D eigenvalue weighted by Crippen LogP contribution is -2.41. The molecule has 3 aromatic heterocycles. The fraction of sp³-hybridized carbons (Fsp3) is 0.476. The van der Waals surface area contributed by atoms with Crippen LogP contribution in [0.2, 0.25) is 0 Å². The lowest BCUT2D eigenvalue weighted by Gasteiger charge is -2.27. The lowest BCUT2D eigenvalue weighted by molar-refractivity contribution is 0.0298. The smallest absolute Gasteiger partial charge is 0.274 e. The molecule has 3 aromatic rings. The normalized spacial score (nSPS) is 16.0. The van der Waals surface area contributed by atoms with E-state index in [1.165, 1.54) is 0 Å². The summed E-state index contributed by atoms with van der Waals surface area (Å²) in [5.74, 6) is -0.0162. The van der Waals surface area contributed by atoms with Crippen LogP contribution in [0.4, 0.5) is 0 Å². The molecule has 8 heteroatoms. The molecule has 1 aliphatic rings. The van der Waals surface area contributed by atoms with Crippen molar-refractivity contribution in [2.24, 2.45) is 0 Å². The Morgan fingerprint density at radius 1 is 1.31 bits per heavy atom. The Morgan fingerprint density at radius 3 is 2.76 bits per heavy atom. The molecule has 0 saturated carbocycles. The van der Waals surface area contributed by atoms with Gasteiger partial charge in [0.2, 0.25) is 0 Å². The van der Waals surface area contributed by atoms with Crippen molar-refractivity contribution in [3.63, 3.8) is 0 Å². The molecule has 4 heterocycles. The number of rotatable bonds is 5. The van der Waals surface area contributed by atoms with Gasteiger partial charge in [0.05, 0.1) is 24.9 Å². The molecule has 0 aromatic carbocycles. The summed E-state index contributed by atoms with van der Waals surface area (Å²) in [7, 11) is 2.07. The molecule has 1 saturated heterocycles. The van der Waals surface area contributed by atoms with Crippen LogP contribution in [0.1, 0.15) is 45.4 Å². The first-order valence-electron chi connectivity index (χ1n) is 9.91. The monoisotopic (exact) mass is 413 g/mol. The quantitative estimate of drug-likeness (QED) is 0.643. The zero-order chi connectivity index (χ0) is 20.5. The topological polar surface area (TPSA) is 63.0 Å². The van der Waals surface area contributed by atoms with Gasteiger partial charge in [-0.15, -0.1) is 11.3 Å². The molecule has 7 nitrogen and oxygen atoms in total. The predicted octanol–water partition coefficient (Wildman–Crippen LogP) is 3.07. The van der Waals surface area contributed by atoms with Crippen LogP contribution in [-0.2, 0) is 11.3 Å². The number of hydrogen-bond acceptors (Lipinski definition) is 6. The third kappa shape index (κ3) is 3.92. The van der Waals surface area contributed by atoms with E-state index in [1.807, 2.05) is 37.1 Å². The van der Waals surface area contributed by atoms with Crippen molar-refractivity contribution in [2.45, 2.75) is 33.4 Å². The molecule has 1 aliphatic heterocycles. The van der Waals surface area contributed by atoms with Crippen molar-refractivity contribution in [1.29, 1.82) is 0 Å². The Morgan fingerprint density at radius 2 is 2.07 bits per heavy atom. The van der Waals surface area contributed by atoms with Gasteiger partial charge in [-0.25, -0.2) is 9.97 Å². The summed E-state index contributed by atoms with van der Waals surface area (Å²) in [5.41, 5.74) is 4.39. The fourth-order valence-corrected chi connectivity index (χ4v) is 4.53. The molecule has 154 valence electrons. The van der Waals surface area contributed by atoms with Crippen LogP contribution < -0.4 is 0 Å². The second-order valence-electron chi connectivity index (χ2n) is 7.61. The van der Waals surface area contributed by atoms with Gasteiger partial charge in [0.25, 0.3) is 5.91 Å². The van der Waals surface area contributed by atoms with E-state index >= 15 is 0 Å². The summed E-state index contributed by atoms with van der Waals surface area (Å²) >= 11 is 1.67. The molecule has 1 amide bonds. The number of aromatic nitrogens is 3. The number of nitrogens with zero attached hydrogens (tertiary/aromatic N) is 5. The first-order chi connectivity index (χ1) is 14.0. The summed E-state index contributed by atoms with van der Waals surface area (Å²) in [6.45, 7) is 9.16. The predicted molar refractivity (Wildman–Crippen MR) is 113 cm³/mol. The van der Waals surface area contributed by atoms with E-state index in [-0.39, 0.29) is 11.9 Å². The van der Waals surface area contributed by atoms with Crippen molar-refractivity contribution in [3.8, 4) is 0 Å². The standard InChI is InChI=1S/C21H27N5O2S/c1-14-6-5-7-26-17(12-24(4)16(3)20-22-15(2)13-29-20)18(23-19(14)26)21(27)25-8-10-28-11-9-25/h5-7,13,16H,8-12H2,1-4H3. The van der Waals surface area contributed by atoms with E-state index in [1.54, 1.807) is 11.3 Å². The Balaban J connectivity index is 1.69. The van der Waals surface area contributed by atoms with E-state index in [0.29, 0.717) is 38.5 Å². The number of carbonyl (C=O) groups is 1. The van der Waals surface area contributed by atoms with Crippen LogP contribution in [0, 0.1) is 13.8 Å². The minimum Gasteiger partial charge on any atom is -0.378 e. The molecule has 0 N–H and O–H groups in total. The highest BCUT2D eigenvalue weighted by Crippen LogP contribution is 2.26. The number of aryl methyl sites for hydroxylation is 2. The average Bonchev–Trinajstić information content (AvgIpc) is 3.32. The average molecular weight is 414 g/mol. The summed E-state index contributed by atoms with van der Waals surface area (Å²) in [6.07, 6.45) is 1.99. The lowest BCUT2D eigenvalue weighted by atomic mass is 10.2. The molecule has 0 radical (unpaired) electrons. The van der Waals surface area contributed by atoms with Gasteiger partial charge in [-0.2, -0.15) is 0 Å². The number of imidazole rings is 1. The van der Waals surface area contributed by atoms with Gasteiger partial charge < -0.3 is 14.0 Å². The minimum atomic E-state index is -0.0162. The van der Waals surface area contributed by atoms with Crippen molar-refractivity contribution < 1.29 is 9.53 Å². The maximum atomic E-state index is 13.3. The van der Waals surface area contributed by atoms with Crippen LogP contribution >= 0.6 is 11.3 Å². The molecule has 1 unspecified atom stereocenters. The van der Waals surface area contributed by atoms with Crippen LogP contribution in [0.25, 0.3) is 5.65 Å². The zero-order valence-electron chi connectivity index (χ0n) is 17.4. The van der Waals surface area contributed by atoms with Crippen LogP contribution in [0.5, 0.6) is 0 Å². The molecular formula is C21H27N5O2S. The van der Waals surface area contributed by atoms with Crippen molar-refractivity contribution in [1.82, 2.24) is 24.2 Å². The Kier molecular flexibility index (Phi) is 5.67. The van der Waals surface area contributed by atoms with Gasteiger partial charge in [-0.3, -0.25) is 9.69 Å². The second-order valence-corrected chi connectivity index (χ2v) is 8.50. The number of thiazole rings is 1. The highest BCUT2D eigenvalue weighted by molar-refractivity contribution is 7.09. The van der Waals surface area contributed by atoms with E-state index in [4.69, 9.17) is 9.72 Å². The van der Waals surface area contributed by atoms with Gasteiger partial charge in [-0.1, -0.05) is 6.07 Å². The van der Waals surface area contributed by atoms with E-state index < -0.39 is 0 Å². The highest BCUT2D eigenvalue weighted by Gasteiger charge is 2.27. The third-order valence-electron chi connectivity index (χ3n) is 5.50. The van der Waals surface area contributed by atoms with Crippen molar-refractivity contribution >= 4 is 22.9 Å². The number of pyridine rings is 1. The molecule has 0 bridgehead atoms. The maximum Gasteiger partial charge on any atom is 0.274 e. The Bertz CT molecular complexity index is 1020. The van der Waals surface area contributed by atoms with Crippen LogP contribution in [0.3, 0.4) is 0 Å². The number of ether oxygens (including phenoxy) is 1. The number of hydrogen-bond donors (Lipinski definition) is 0. The largest absolute Gasteiger partial charge is 0.378 e. The SMILES string of the molecule is Cc1csc(C(C)N(C)Cc2c(C(=O)N3CCOCC3)nc3c(C)cccn23)n1. The second kappa shape index (κ2) is 8.22. The Labute approximate surface area is 174 Å². The molecule has 4 rings (SSSR count). The van der Waals surface area contributed by atoms with Gasteiger partial charge in [0.1, 0.15) is 10.7 Å². The maximum absolute atomic E-state index is 13.3. The number of morpholine rings is 1. The highest BCUT2D eigenvalue weighted by atomic mass is 32.1. The first kappa shape index (κ1) is 20.0. The van der Waals surface area contributed by atoms with Gasteiger partial charge >= 0.3 is 0 Å². The zero-order valence-corrected chi connectivity index (χ0v) is 18.2. The van der Waals surface area contributed by atoms with Gasteiger partial charge in [0, 0.05) is 36.9 Å². The summed E-state index contributed by atoms with van der Waals surface area (Å²) < 4.78 is 7.46. The molecular weight excluding hydrogens is 386 g/mol. The fourth-order valence-electron chi connectivity index (χ4n) is 3.62. The van der Waals surface area contributed by atoms with Crippen LogP contribution in [0.15, 0.2) is 23.7 Å². The minimum absolute atomic E-state index is 0.0162. The van der Waals surface area contributed by atoms with Crippen molar-refractivity contribution in [2.75, 3.05) is 33.4 Å². The van der Waals surface area contributed by atoms with Crippen LogP contribution in [-0.4, -0.2) is 63.4 Å². The molecule has 1 atom stereocenters. The number of carbonyl (C=O) groups excluding carboxylic acids is 1. The molecule has 29 heavy (non-hydrogen) atoms. The number of amides is 1. The number of fused-ring (bicyclic) bond motifs is 1. The third-order valence-corrected chi connectivity index (χ3v) is 6.63. The molecule has 0 aliphatic carbocycles. The molecule has 1 fully saturated rings. The van der Waals surface area contributed by atoms with E-state index in [9.17, 15) is 4.79 Å². The van der Waals surface area contributed by atoms with Crippen molar-refractivity contribution in [3.05, 3.63) is 51.4 Å². The van der Waals surface area contributed by atoms with E-state index in [2.05, 4.69) is 33.6 Å². The van der Waals surface area contributed by atoms with E-state index in [0.717, 1.165) is 27.6 Å². The molecule has 0 spiro atoms. The van der Waals surface area contributed by atoms with Gasteiger partial charge in [-0.05, 0) is 39.4 Å². The summed E-state index contributed by atoms with van der Waals surface area (Å²) in [5, 5.41) is 3.15.